The third-order valence-electron chi connectivity index (χ3n) is 3.59. The minimum atomic E-state index is -3.55. The van der Waals surface area contributed by atoms with Crippen molar-refractivity contribution in [2.75, 3.05) is 18.9 Å². The quantitative estimate of drug-likeness (QED) is 0.924. The van der Waals surface area contributed by atoms with Crippen LogP contribution in [0.2, 0.25) is 0 Å². The molecule has 6 nitrogen and oxygen atoms in total. The Hall–Kier alpha value is -1.99. The first-order valence-electron chi connectivity index (χ1n) is 6.68. The third-order valence-corrected chi connectivity index (χ3v) is 5.38. The number of hydrogen-bond donors (Lipinski definition) is 1. The van der Waals surface area contributed by atoms with E-state index < -0.39 is 10.0 Å². The third kappa shape index (κ3) is 2.62. The summed E-state index contributed by atoms with van der Waals surface area (Å²) in [5.74, 6) is 0.401. The maximum Gasteiger partial charge on any atom is 0.246 e. The molecule has 1 aliphatic rings. The summed E-state index contributed by atoms with van der Waals surface area (Å²) in [6, 6.07) is 7.93. The number of benzene rings is 1. The van der Waals surface area contributed by atoms with Gasteiger partial charge in [0.1, 0.15) is 4.90 Å². The average molecular weight is 304 g/mol. The molecule has 1 N–H and O–H groups in total. The Morgan fingerprint density at radius 3 is 2.48 bits per heavy atom. The molecule has 0 saturated carbocycles. The molecule has 1 aliphatic heterocycles. The monoisotopic (exact) mass is 304 g/mol. The van der Waals surface area contributed by atoms with Crippen molar-refractivity contribution < 1.29 is 8.42 Å². The van der Waals surface area contributed by atoms with Crippen molar-refractivity contribution in [3.63, 3.8) is 0 Å². The van der Waals surface area contributed by atoms with E-state index in [0.29, 0.717) is 19.0 Å². The molecule has 7 heteroatoms. The van der Waals surface area contributed by atoms with Crippen molar-refractivity contribution in [3.8, 4) is 0 Å². The van der Waals surface area contributed by atoms with Gasteiger partial charge in [0.15, 0.2) is 0 Å². The molecule has 21 heavy (non-hydrogen) atoms. The number of nitrogens with zero attached hydrogens (tertiary/aromatic N) is 3. The highest BCUT2D eigenvalue weighted by Crippen LogP contribution is 2.24. The van der Waals surface area contributed by atoms with Gasteiger partial charge < -0.3 is 5.32 Å². The molecule has 1 aromatic carbocycles. The molecule has 0 fully saturated rings. The Morgan fingerprint density at radius 1 is 1.14 bits per heavy atom. The van der Waals surface area contributed by atoms with E-state index in [1.165, 1.54) is 22.3 Å². The van der Waals surface area contributed by atoms with E-state index in [9.17, 15) is 8.42 Å². The number of sulfonamides is 1. The van der Waals surface area contributed by atoms with Gasteiger partial charge in [-0.05, 0) is 17.5 Å². The van der Waals surface area contributed by atoms with Gasteiger partial charge in [0.2, 0.25) is 16.0 Å². The summed E-state index contributed by atoms with van der Waals surface area (Å²) < 4.78 is 26.7. The van der Waals surface area contributed by atoms with Gasteiger partial charge in [0.05, 0.1) is 12.4 Å². The lowest BCUT2D eigenvalue weighted by Gasteiger charge is -2.27. The van der Waals surface area contributed by atoms with Crippen LogP contribution < -0.4 is 5.32 Å². The summed E-state index contributed by atoms with van der Waals surface area (Å²) in [6.07, 6.45) is 3.41. The predicted molar refractivity (Wildman–Crippen MR) is 79.3 cm³/mol. The molecule has 0 radical (unpaired) electrons. The minimum absolute atomic E-state index is 0.126. The Balaban J connectivity index is 1.89. The van der Waals surface area contributed by atoms with Crippen LogP contribution in [0.25, 0.3) is 0 Å². The number of hydrogen-bond acceptors (Lipinski definition) is 5. The van der Waals surface area contributed by atoms with E-state index in [2.05, 4.69) is 15.3 Å². The van der Waals surface area contributed by atoms with Crippen molar-refractivity contribution in [1.29, 1.82) is 0 Å². The van der Waals surface area contributed by atoms with Crippen LogP contribution in [0.4, 0.5) is 5.95 Å². The van der Waals surface area contributed by atoms with Gasteiger partial charge in [0.25, 0.3) is 0 Å². The van der Waals surface area contributed by atoms with E-state index >= 15 is 0 Å². The van der Waals surface area contributed by atoms with Crippen LogP contribution in [0.3, 0.4) is 0 Å². The van der Waals surface area contributed by atoms with E-state index in [1.807, 2.05) is 24.3 Å². The van der Waals surface area contributed by atoms with Crippen molar-refractivity contribution in [1.82, 2.24) is 14.3 Å². The molecule has 2 heterocycles. The van der Waals surface area contributed by atoms with Crippen LogP contribution in [0, 0.1) is 0 Å². The van der Waals surface area contributed by atoms with Crippen LogP contribution in [0.1, 0.15) is 11.1 Å². The standard InChI is InChI=1S/C14H16N4O2S/c1-15-14-16-8-13(9-17-14)21(19,20)18-7-6-11-4-2-3-5-12(11)10-18/h2-5,8-9H,6-7,10H2,1H3,(H,15,16,17). The Bertz CT molecular complexity index is 744. The molecule has 1 aromatic heterocycles. The summed E-state index contributed by atoms with van der Waals surface area (Å²) in [6.45, 7) is 0.874. The fourth-order valence-corrected chi connectivity index (χ4v) is 3.71. The fourth-order valence-electron chi connectivity index (χ4n) is 2.40. The zero-order valence-electron chi connectivity index (χ0n) is 11.7. The van der Waals surface area contributed by atoms with Crippen molar-refractivity contribution >= 4 is 16.0 Å². The van der Waals surface area contributed by atoms with E-state index in [1.54, 1.807) is 7.05 Å². The molecule has 2 aromatic rings. The SMILES string of the molecule is CNc1ncc(S(=O)(=O)N2CCc3ccccc3C2)cn1. The van der Waals surface area contributed by atoms with Gasteiger partial charge >= 0.3 is 0 Å². The molecule has 0 bridgehead atoms. The van der Waals surface area contributed by atoms with Gasteiger partial charge in [-0.25, -0.2) is 18.4 Å². The summed E-state index contributed by atoms with van der Waals surface area (Å²) >= 11 is 0. The van der Waals surface area contributed by atoms with Crippen LogP contribution in [0.15, 0.2) is 41.6 Å². The molecule has 0 atom stereocenters. The topological polar surface area (TPSA) is 75.2 Å². The summed E-state index contributed by atoms with van der Waals surface area (Å²) in [4.78, 5) is 8.07. The van der Waals surface area contributed by atoms with Crippen LogP contribution >= 0.6 is 0 Å². The number of nitrogens with one attached hydrogen (secondary N) is 1. The molecule has 110 valence electrons. The molecule has 0 amide bonds. The van der Waals surface area contributed by atoms with Crippen LogP contribution in [-0.2, 0) is 23.0 Å². The Labute approximate surface area is 123 Å². The van der Waals surface area contributed by atoms with Gasteiger partial charge in [0, 0.05) is 20.1 Å². The maximum absolute atomic E-state index is 12.6. The van der Waals surface area contributed by atoms with Gasteiger partial charge in [-0.15, -0.1) is 0 Å². The zero-order chi connectivity index (χ0) is 14.9. The number of fused-ring (bicyclic) bond motifs is 1. The largest absolute Gasteiger partial charge is 0.357 e. The fraction of sp³-hybridized carbons (Fsp3) is 0.286. The summed E-state index contributed by atoms with van der Waals surface area (Å²) in [5, 5.41) is 2.77. The first-order chi connectivity index (χ1) is 10.1. The number of aromatic nitrogens is 2. The minimum Gasteiger partial charge on any atom is -0.357 e. The van der Waals surface area contributed by atoms with Crippen molar-refractivity contribution in [2.24, 2.45) is 0 Å². The summed E-state index contributed by atoms with van der Waals surface area (Å²) in [5.41, 5.74) is 2.27. The molecule has 0 saturated heterocycles. The first kappa shape index (κ1) is 14.0. The first-order valence-corrected chi connectivity index (χ1v) is 8.12. The second-order valence-corrected chi connectivity index (χ2v) is 6.79. The molecule has 3 rings (SSSR count). The smallest absolute Gasteiger partial charge is 0.246 e. The predicted octanol–water partition coefficient (Wildman–Crippen LogP) is 1.27. The van der Waals surface area contributed by atoms with E-state index in [0.717, 1.165) is 12.0 Å². The molecular weight excluding hydrogens is 288 g/mol. The maximum atomic E-state index is 12.6. The highest BCUT2D eigenvalue weighted by atomic mass is 32.2. The Morgan fingerprint density at radius 2 is 1.81 bits per heavy atom. The highest BCUT2D eigenvalue weighted by molar-refractivity contribution is 7.89. The molecule has 0 aliphatic carbocycles. The molecule has 0 spiro atoms. The van der Waals surface area contributed by atoms with Crippen LogP contribution in [-0.4, -0.2) is 36.3 Å². The van der Waals surface area contributed by atoms with Gasteiger partial charge in [-0.3, -0.25) is 0 Å². The van der Waals surface area contributed by atoms with E-state index in [-0.39, 0.29) is 4.90 Å². The highest BCUT2D eigenvalue weighted by Gasteiger charge is 2.28. The van der Waals surface area contributed by atoms with Gasteiger partial charge in [-0.1, -0.05) is 24.3 Å². The number of rotatable bonds is 3. The molecule has 0 unspecified atom stereocenters. The second-order valence-electron chi connectivity index (χ2n) is 4.85. The van der Waals surface area contributed by atoms with Crippen molar-refractivity contribution in [2.45, 2.75) is 17.9 Å². The molecular formula is C14H16N4O2S. The van der Waals surface area contributed by atoms with Crippen LogP contribution in [0.5, 0.6) is 0 Å². The zero-order valence-corrected chi connectivity index (χ0v) is 12.5. The normalized spacial score (nSPS) is 15.5. The average Bonchev–Trinajstić information content (AvgIpc) is 2.54. The Kier molecular flexibility index (Phi) is 3.60. The number of anilines is 1. The summed E-state index contributed by atoms with van der Waals surface area (Å²) in [7, 11) is -1.86. The lowest BCUT2D eigenvalue weighted by atomic mass is 10.0. The van der Waals surface area contributed by atoms with Gasteiger partial charge in [-0.2, -0.15) is 4.31 Å². The van der Waals surface area contributed by atoms with E-state index in [4.69, 9.17) is 0 Å². The van der Waals surface area contributed by atoms with Crippen molar-refractivity contribution in [3.05, 3.63) is 47.8 Å². The lowest BCUT2D eigenvalue weighted by molar-refractivity contribution is 0.391. The lowest BCUT2D eigenvalue weighted by Crippen LogP contribution is -2.36. The second kappa shape index (κ2) is 5.42.